The van der Waals surface area contributed by atoms with Gasteiger partial charge in [0.2, 0.25) is 11.8 Å². The molecule has 0 radical (unpaired) electrons. The van der Waals surface area contributed by atoms with Gasteiger partial charge in [0.05, 0.1) is 6.04 Å². The zero-order chi connectivity index (χ0) is 13.5. The van der Waals surface area contributed by atoms with Crippen molar-refractivity contribution in [2.45, 2.75) is 45.6 Å². The third-order valence-corrected chi connectivity index (χ3v) is 3.66. The van der Waals surface area contributed by atoms with Gasteiger partial charge in [-0.25, -0.2) is 0 Å². The van der Waals surface area contributed by atoms with Crippen molar-refractivity contribution in [1.82, 2.24) is 10.2 Å². The number of nitrogens with zero attached hydrogens (tertiary/aromatic N) is 1. The van der Waals surface area contributed by atoms with E-state index < -0.39 is 6.04 Å². The summed E-state index contributed by atoms with van der Waals surface area (Å²) in [6.45, 7) is 6.07. The molecule has 0 aromatic carbocycles. The minimum absolute atomic E-state index is 0.130. The van der Waals surface area contributed by atoms with Crippen molar-refractivity contribution >= 4 is 11.8 Å². The Morgan fingerprint density at radius 3 is 2.50 bits per heavy atom. The number of carbonyl (C=O) groups is 2. The van der Waals surface area contributed by atoms with Crippen molar-refractivity contribution in [1.29, 1.82) is 0 Å². The maximum absolute atomic E-state index is 11.7. The third kappa shape index (κ3) is 4.29. The molecular formula is C13H25N3O2. The van der Waals surface area contributed by atoms with Gasteiger partial charge in [-0.3, -0.25) is 9.59 Å². The lowest BCUT2D eigenvalue weighted by Gasteiger charge is -2.18. The molecule has 0 bridgehead atoms. The second kappa shape index (κ2) is 7.36. The fraction of sp³-hybridized carbons (Fsp3) is 0.846. The highest BCUT2D eigenvalue weighted by molar-refractivity contribution is 5.82. The standard InChI is InChI=1S/C13H25N3O2/c1-3-10(2)12(14)13(18)15-7-6-11(17)16-8-4-5-9-16/h10,12H,3-9,14H2,1-2H3,(H,15,18)/t10-,12-/m0/s1. The highest BCUT2D eigenvalue weighted by Crippen LogP contribution is 2.08. The average molecular weight is 255 g/mol. The average Bonchev–Trinajstić information content (AvgIpc) is 2.90. The van der Waals surface area contributed by atoms with Gasteiger partial charge in [-0.15, -0.1) is 0 Å². The van der Waals surface area contributed by atoms with Crippen LogP contribution in [0.3, 0.4) is 0 Å². The third-order valence-electron chi connectivity index (χ3n) is 3.66. The predicted molar refractivity (Wildman–Crippen MR) is 70.9 cm³/mol. The Bertz CT molecular complexity index is 288. The van der Waals surface area contributed by atoms with Crippen LogP contribution in [0.5, 0.6) is 0 Å². The number of carbonyl (C=O) groups excluding carboxylic acids is 2. The second-order valence-corrected chi connectivity index (χ2v) is 5.04. The first-order valence-corrected chi connectivity index (χ1v) is 6.87. The van der Waals surface area contributed by atoms with E-state index in [4.69, 9.17) is 5.73 Å². The van der Waals surface area contributed by atoms with E-state index in [0.717, 1.165) is 32.4 Å². The van der Waals surface area contributed by atoms with Crippen molar-refractivity contribution in [2.75, 3.05) is 19.6 Å². The minimum Gasteiger partial charge on any atom is -0.354 e. The molecule has 2 atom stereocenters. The predicted octanol–water partition coefficient (Wildman–Crippen LogP) is 0.489. The number of rotatable bonds is 6. The van der Waals surface area contributed by atoms with Crippen LogP contribution in [0.15, 0.2) is 0 Å². The Morgan fingerprint density at radius 1 is 1.33 bits per heavy atom. The maximum atomic E-state index is 11.7. The quantitative estimate of drug-likeness (QED) is 0.725. The summed E-state index contributed by atoms with van der Waals surface area (Å²) >= 11 is 0. The summed E-state index contributed by atoms with van der Waals surface area (Å²) in [7, 11) is 0. The number of nitrogens with two attached hydrogens (primary N) is 1. The SMILES string of the molecule is CC[C@H](C)[C@H](N)C(=O)NCCC(=O)N1CCCC1. The summed E-state index contributed by atoms with van der Waals surface area (Å²) in [5.41, 5.74) is 5.80. The molecular weight excluding hydrogens is 230 g/mol. The first kappa shape index (κ1) is 15.0. The highest BCUT2D eigenvalue weighted by atomic mass is 16.2. The Morgan fingerprint density at radius 2 is 1.94 bits per heavy atom. The summed E-state index contributed by atoms with van der Waals surface area (Å²) in [6, 6.07) is -0.475. The molecule has 104 valence electrons. The topological polar surface area (TPSA) is 75.4 Å². The molecule has 1 aliphatic heterocycles. The molecule has 5 heteroatoms. The lowest BCUT2D eigenvalue weighted by Crippen LogP contribution is -2.45. The van der Waals surface area contributed by atoms with Crippen LogP contribution in [0.1, 0.15) is 39.5 Å². The van der Waals surface area contributed by atoms with Crippen molar-refractivity contribution in [3.8, 4) is 0 Å². The molecule has 5 nitrogen and oxygen atoms in total. The highest BCUT2D eigenvalue weighted by Gasteiger charge is 2.20. The van der Waals surface area contributed by atoms with Gasteiger partial charge in [-0.05, 0) is 18.8 Å². The number of nitrogens with one attached hydrogen (secondary N) is 1. The van der Waals surface area contributed by atoms with Gasteiger partial charge in [0, 0.05) is 26.1 Å². The number of hydrogen-bond acceptors (Lipinski definition) is 3. The van der Waals surface area contributed by atoms with E-state index in [-0.39, 0.29) is 17.7 Å². The molecule has 0 spiro atoms. The first-order valence-electron chi connectivity index (χ1n) is 6.87. The summed E-state index contributed by atoms with van der Waals surface area (Å²) in [4.78, 5) is 25.3. The fourth-order valence-corrected chi connectivity index (χ4v) is 2.05. The monoisotopic (exact) mass is 255 g/mol. The lowest BCUT2D eigenvalue weighted by molar-refractivity contribution is -0.130. The zero-order valence-corrected chi connectivity index (χ0v) is 11.4. The fourth-order valence-electron chi connectivity index (χ4n) is 2.05. The molecule has 2 amide bonds. The van der Waals surface area contributed by atoms with E-state index in [1.165, 1.54) is 0 Å². The van der Waals surface area contributed by atoms with E-state index in [1.807, 2.05) is 18.7 Å². The number of amides is 2. The van der Waals surface area contributed by atoms with E-state index in [0.29, 0.717) is 13.0 Å². The Labute approximate surface area is 109 Å². The Hall–Kier alpha value is -1.10. The Balaban J connectivity index is 2.20. The van der Waals surface area contributed by atoms with Gasteiger partial charge < -0.3 is 16.0 Å². The van der Waals surface area contributed by atoms with Crippen LogP contribution in [0.25, 0.3) is 0 Å². The summed E-state index contributed by atoms with van der Waals surface area (Å²) < 4.78 is 0. The van der Waals surface area contributed by atoms with Gasteiger partial charge in [0.15, 0.2) is 0 Å². The van der Waals surface area contributed by atoms with Crippen LogP contribution >= 0.6 is 0 Å². The van der Waals surface area contributed by atoms with E-state index in [1.54, 1.807) is 0 Å². The first-order chi connectivity index (χ1) is 8.56. The summed E-state index contributed by atoms with van der Waals surface area (Å²) in [5.74, 6) is 0.141. The van der Waals surface area contributed by atoms with E-state index in [9.17, 15) is 9.59 Å². The van der Waals surface area contributed by atoms with Gasteiger partial charge in [-0.2, -0.15) is 0 Å². The van der Waals surface area contributed by atoms with E-state index >= 15 is 0 Å². The number of likely N-dealkylation sites (tertiary alicyclic amines) is 1. The molecule has 3 N–H and O–H groups in total. The summed E-state index contributed by atoms with van der Waals surface area (Å²) in [5, 5.41) is 2.74. The molecule has 0 aromatic heterocycles. The molecule has 0 saturated carbocycles. The molecule has 0 aromatic rings. The van der Waals surface area contributed by atoms with Gasteiger partial charge >= 0.3 is 0 Å². The van der Waals surface area contributed by atoms with Gasteiger partial charge in [-0.1, -0.05) is 20.3 Å². The molecule has 18 heavy (non-hydrogen) atoms. The molecule has 1 saturated heterocycles. The van der Waals surface area contributed by atoms with Crippen molar-refractivity contribution in [2.24, 2.45) is 11.7 Å². The molecule has 0 unspecified atom stereocenters. The van der Waals surface area contributed by atoms with Crippen molar-refractivity contribution in [3.05, 3.63) is 0 Å². The minimum atomic E-state index is -0.475. The smallest absolute Gasteiger partial charge is 0.237 e. The van der Waals surface area contributed by atoms with Crippen LogP contribution < -0.4 is 11.1 Å². The summed E-state index contributed by atoms with van der Waals surface area (Å²) in [6.07, 6.45) is 3.44. The maximum Gasteiger partial charge on any atom is 0.237 e. The molecule has 1 aliphatic rings. The van der Waals surface area contributed by atoms with Crippen molar-refractivity contribution < 1.29 is 9.59 Å². The van der Waals surface area contributed by atoms with Crippen LogP contribution in [0, 0.1) is 5.92 Å². The molecule has 1 rings (SSSR count). The van der Waals surface area contributed by atoms with Gasteiger partial charge in [0.25, 0.3) is 0 Å². The van der Waals surface area contributed by atoms with Crippen LogP contribution in [-0.2, 0) is 9.59 Å². The van der Waals surface area contributed by atoms with Crippen LogP contribution in [-0.4, -0.2) is 42.4 Å². The molecule has 1 fully saturated rings. The normalized spacial score (nSPS) is 18.5. The molecule has 1 heterocycles. The lowest BCUT2D eigenvalue weighted by atomic mass is 9.99. The Kier molecular flexibility index (Phi) is 6.12. The van der Waals surface area contributed by atoms with E-state index in [2.05, 4.69) is 5.32 Å². The van der Waals surface area contributed by atoms with Crippen LogP contribution in [0.4, 0.5) is 0 Å². The number of hydrogen-bond donors (Lipinski definition) is 2. The van der Waals surface area contributed by atoms with Crippen LogP contribution in [0.2, 0.25) is 0 Å². The second-order valence-electron chi connectivity index (χ2n) is 5.04. The largest absolute Gasteiger partial charge is 0.354 e. The molecule has 0 aliphatic carbocycles. The van der Waals surface area contributed by atoms with Crippen molar-refractivity contribution in [3.63, 3.8) is 0 Å². The van der Waals surface area contributed by atoms with Gasteiger partial charge in [0.1, 0.15) is 0 Å². The zero-order valence-electron chi connectivity index (χ0n) is 11.4.